The summed E-state index contributed by atoms with van der Waals surface area (Å²) in [4.78, 5) is 9.86. The normalized spacial score (nSPS) is 11.5. The summed E-state index contributed by atoms with van der Waals surface area (Å²) in [6.07, 6.45) is 0. The van der Waals surface area contributed by atoms with Crippen molar-refractivity contribution < 1.29 is 0 Å². The molecule has 0 atom stereocenters. The lowest BCUT2D eigenvalue weighted by atomic mass is 9.86. The molecule has 0 fully saturated rings. The Balaban J connectivity index is 1.20. The first-order valence-electron chi connectivity index (χ1n) is 27.9. The average Bonchev–Trinajstić information content (AvgIpc) is 3.58. The van der Waals surface area contributed by atoms with Crippen molar-refractivity contribution >= 4 is 111 Å². The molecule has 0 aromatic heterocycles. The minimum atomic E-state index is 1.09. The van der Waals surface area contributed by atoms with Crippen LogP contribution in [-0.4, -0.2) is 0 Å². The Kier molecular flexibility index (Phi) is 12.7. The van der Waals surface area contributed by atoms with E-state index >= 15 is 0 Å². The number of benzene rings is 13. The van der Waals surface area contributed by atoms with Crippen molar-refractivity contribution in [2.75, 3.05) is 19.6 Å². The quantitative estimate of drug-likeness (QED) is 0.0893. The fraction of sp³-hybridized carbons (Fsp3) is 0.105. The summed E-state index contributed by atoms with van der Waals surface area (Å²) in [7, 11) is 0. The first-order valence-corrected chi connectivity index (χ1v) is 27.9. The van der Waals surface area contributed by atoms with Gasteiger partial charge in [-0.3, -0.25) is 0 Å². The highest BCUT2D eigenvalue weighted by atomic mass is 15.2. The van der Waals surface area contributed by atoms with Gasteiger partial charge in [-0.25, -0.2) is 0 Å². The van der Waals surface area contributed by atoms with Gasteiger partial charge < -0.3 is 19.6 Å². The van der Waals surface area contributed by atoms with Crippen molar-refractivity contribution in [3.8, 4) is 0 Å². The van der Waals surface area contributed by atoms with Gasteiger partial charge in [-0.15, -0.1) is 0 Å². The SMILES string of the molecule is Cc1ccc(N(c2ccc(C)cc2)c2ccc3c4ccc(N(c5ccc(C)cc5)c5ccc(C)cc5)c5c(N(c6ccc(C)cc6)c6ccc(C)cc6)ccc(c6ccc(N(c7ccc(C)cc7)c7ccc(C)cc7)c2c36)c54)cc1. The summed E-state index contributed by atoms with van der Waals surface area (Å²) >= 11 is 0. The fourth-order valence-corrected chi connectivity index (χ4v) is 11.8. The van der Waals surface area contributed by atoms with E-state index in [2.05, 4.69) is 318 Å². The zero-order valence-corrected chi connectivity index (χ0v) is 46.9. The van der Waals surface area contributed by atoms with Crippen LogP contribution >= 0.6 is 0 Å². The Bertz CT molecular complexity index is 3630. The van der Waals surface area contributed by atoms with Crippen molar-refractivity contribution in [2.24, 2.45) is 0 Å². The molecule has 13 rings (SSSR count). The Morgan fingerprint density at radius 1 is 0.150 bits per heavy atom. The van der Waals surface area contributed by atoms with E-state index in [4.69, 9.17) is 0 Å². The number of fused-ring (bicyclic) bond motifs is 2. The predicted molar refractivity (Wildman–Crippen MR) is 344 cm³/mol. The maximum Gasteiger partial charge on any atom is 0.0561 e. The highest BCUT2D eigenvalue weighted by Crippen LogP contribution is 2.55. The number of nitrogens with zero attached hydrogens (tertiary/aromatic N) is 4. The summed E-state index contributed by atoms with van der Waals surface area (Å²) < 4.78 is 0. The third kappa shape index (κ3) is 8.93. The van der Waals surface area contributed by atoms with E-state index in [1.165, 1.54) is 76.8 Å². The Labute approximate surface area is 471 Å². The third-order valence-corrected chi connectivity index (χ3v) is 16.1. The summed E-state index contributed by atoms with van der Waals surface area (Å²) in [5.41, 5.74) is 22.9. The largest absolute Gasteiger partial charge is 0.310 e. The fourth-order valence-electron chi connectivity index (χ4n) is 11.8. The molecule has 4 nitrogen and oxygen atoms in total. The first kappa shape index (κ1) is 49.9. The number of hydrogen-bond acceptors (Lipinski definition) is 4. The van der Waals surface area contributed by atoms with Gasteiger partial charge in [0.1, 0.15) is 0 Å². The summed E-state index contributed by atoms with van der Waals surface area (Å²) in [5.74, 6) is 0. The molecule has 0 N–H and O–H groups in total. The molecule has 0 heterocycles. The third-order valence-electron chi connectivity index (χ3n) is 16.1. The molecule has 388 valence electrons. The molecule has 0 saturated heterocycles. The molecular weight excluding hydrogens is 969 g/mol. The van der Waals surface area contributed by atoms with E-state index < -0.39 is 0 Å². The smallest absolute Gasteiger partial charge is 0.0561 e. The number of anilines is 12. The van der Waals surface area contributed by atoms with Crippen molar-refractivity contribution in [3.63, 3.8) is 0 Å². The lowest BCUT2D eigenvalue weighted by molar-refractivity contribution is 1.26. The van der Waals surface area contributed by atoms with Crippen LogP contribution in [0.2, 0.25) is 0 Å². The van der Waals surface area contributed by atoms with E-state index in [1.54, 1.807) is 0 Å². The molecule has 0 aliphatic heterocycles. The van der Waals surface area contributed by atoms with Crippen LogP contribution in [-0.2, 0) is 0 Å². The van der Waals surface area contributed by atoms with Crippen LogP contribution in [0, 0.1) is 55.4 Å². The summed E-state index contributed by atoms with van der Waals surface area (Å²) in [6, 6.07) is 91.1. The number of aryl methyl sites for hydroxylation is 8. The molecule has 0 aliphatic rings. The highest BCUT2D eigenvalue weighted by molar-refractivity contribution is 6.38. The van der Waals surface area contributed by atoms with Gasteiger partial charge in [0.15, 0.2) is 0 Å². The number of hydrogen-bond donors (Lipinski definition) is 0. The monoisotopic (exact) mass is 1030 g/mol. The molecule has 80 heavy (non-hydrogen) atoms. The minimum absolute atomic E-state index is 1.09. The second kappa shape index (κ2) is 20.3. The molecule has 0 saturated carbocycles. The van der Waals surface area contributed by atoms with Gasteiger partial charge in [-0.1, -0.05) is 166 Å². The second-order valence-electron chi connectivity index (χ2n) is 22.1. The van der Waals surface area contributed by atoms with E-state index in [-0.39, 0.29) is 0 Å². The van der Waals surface area contributed by atoms with E-state index in [1.807, 2.05) is 0 Å². The van der Waals surface area contributed by atoms with Gasteiger partial charge in [0, 0.05) is 67.0 Å². The standard InChI is InChI=1S/C76H64N4/c1-49-9-25-57(26-10-49)77(58-27-11-50(2)12-28-58)69-45-41-65-67-43-47-71(79(61-33-17-53(5)18-34-61)62-35-19-54(6)20-36-62)76-72(80(63-37-21-55(7)22-38-63)64-39-23-56(8)24-40-64)48-44-68(74(67)76)66-42-46-70(75(69)73(65)66)78(59-29-13-51(3)14-30-59)60-31-15-52(4)16-32-60/h9-48H,1-8H3. The maximum absolute atomic E-state index is 2.47. The summed E-state index contributed by atoms with van der Waals surface area (Å²) in [6.45, 7) is 17.3. The maximum atomic E-state index is 2.47. The molecule has 0 radical (unpaired) electrons. The van der Waals surface area contributed by atoms with Gasteiger partial charge in [-0.2, -0.15) is 0 Å². The second-order valence-corrected chi connectivity index (χ2v) is 22.1. The van der Waals surface area contributed by atoms with E-state index in [0.717, 1.165) is 79.0 Å². The Hall–Kier alpha value is -9.64. The molecule has 0 spiro atoms. The van der Waals surface area contributed by atoms with E-state index in [9.17, 15) is 0 Å². The van der Waals surface area contributed by atoms with Crippen LogP contribution in [0.15, 0.2) is 243 Å². The molecule has 0 amide bonds. The molecule has 13 aromatic rings. The lowest BCUT2D eigenvalue weighted by Gasteiger charge is -2.34. The zero-order valence-electron chi connectivity index (χ0n) is 46.9. The van der Waals surface area contributed by atoms with Gasteiger partial charge in [0.25, 0.3) is 0 Å². The number of rotatable bonds is 12. The van der Waals surface area contributed by atoms with Crippen molar-refractivity contribution in [3.05, 3.63) is 287 Å². The molecular formula is C76H64N4. The van der Waals surface area contributed by atoms with Crippen molar-refractivity contribution in [2.45, 2.75) is 55.4 Å². The lowest BCUT2D eigenvalue weighted by Crippen LogP contribution is -2.15. The predicted octanol–water partition coefficient (Wildman–Crippen LogP) is 22.1. The van der Waals surface area contributed by atoms with Crippen molar-refractivity contribution in [1.29, 1.82) is 0 Å². The highest BCUT2D eigenvalue weighted by Gasteiger charge is 2.29. The minimum Gasteiger partial charge on any atom is -0.310 e. The van der Waals surface area contributed by atoms with Gasteiger partial charge in [-0.05, 0) is 198 Å². The Morgan fingerprint density at radius 3 is 0.425 bits per heavy atom. The van der Waals surface area contributed by atoms with Gasteiger partial charge in [0.2, 0.25) is 0 Å². The molecule has 0 aliphatic carbocycles. The molecule has 13 aromatic carbocycles. The average molecular weight is 1030 g/mol. The first-order chi connectivity index (χ1) is 38.9. The molecule has 0 unspecified atom stereocenters. The van der Waals surface area contributed by atoms with Crippen LogP contribution in [0.4, 0.5) is 68.2 Å². The van der Waals surface area contributed by atoms with Gasteiger partial charge >= 0.3 is 0 Å². The van der Waals surface area contributed by atoms with E-state index in [0.29, 0.717) is 0 Å². The van der Waals surface area contributed by atoms with Gasteiger partial charge in [0.05, 0.1) is 22.7 Å². The molecule has 4 heteroatoms. The van der Waals surface area contributed by atoms with Crippen LogP contribution in [0.25, 0.3) is 43.1 Å². The van der Waals surface area contributed by atoms with Crippen LogP contribution in [0.1, 0.15) is 44.5 Å². The zero-order chi connectivity index (χ0) is 54.8. The van der Waals surface area contributed by atoms with Crippen molar-refractivity contribution in [1.82, 2.24) is 0 Å². The van der Waals surface area contributed by atoms with Crippen LogP contribution in [0.5, 0.6) is 0 Å². The van der Waals surface area contributed by atoms with Crippen LogP contribution < -0.4 is 19.6 Å². The Morgan fingerprint density at radius 2 is 0.287 bits per heavy atom. The molecule has 0 bridgehead atoms. The summed E-state index contributed by atoms with van der Waals surface area (Å²) in [5, 5.41) is 9.52. The van der Waals surface area contributed by atoms with Crippen LogP contribution in [0.3, 0.4) is 0 Å². The topological polar surface area (TPSA) is 13.0 Å².